The second kappa shape index (κ2) is 8.20. The molecule has 0 bridgehead atoms. The molecule has 0 heterocycles. The standard InChI is InChI=1S/C18H30N2O3/c1-7-20(17(22)23-18(4,5)6)11-10-19-14(3)15-12-13(2)8-9-16(15)21/h8-9,12,14,19,21H,7,10-11H2,1-6H3. The molecule has 1 rings (SSSR count). The number of hydrogen-bond donors (Lipinski definition) is 2. The van der Waals surface area contributed by atoms with Crippen molar-refractivity contribution in [3.8, 4) is 5.75 Å². The van der Waals surface area contributed by atoms with Crippen molar-refractivity contribution in [2.45, 2.75) is 53.2 Å². The number of aromatic hydroxyl groups is 1. The number of benzene rings is 1. The molecule has 5 heteroatoms. The zero-order chi connectivity index (χ0) is 17.6. The summed E-state index contributed by atoms with van der Waals surface area (Å²) in [5.41, 5.74) is 1.49. The predicted octanol–water partition coefficient (Wildman–Crippen LogP) is 3.61. The molecule has 130 valence electrons. The van der Waals surface area contributed by atoms with Crippen molar-refractivity contribution < 1.29 is 14.6 Å². The van der Waals surface area contributed by atoms with Crippen LogP contribution in [0.15, 0.2) is 18.2 Å². The van der Waals surface area contributed by atoms with Crippen LogP contribution in [0, 0.1) is 6.92 Å². The first-order chi connectivity index (χ1) is 10.6. The Bertz CT molecular complexity index is 523. The molecular weight excluding hydrogens is 292 g/mol. The van der Waals surface area contributed by atoms with Crippen LogP contribution in [0.25, 0.3) is 0 Å². The molecule has 0 aromatic heterocycles. The molecule has 0 spiro atoms. The van der Waals surface area contributed by atoms with Crippen LogP contribution >= 0.6 is 0 Å². The summed E-state index contributed by atoms with van der Waals surface area (Å²) in [5.74, 6) is 0.287. The fourth-order valence-electron chi connectivity index (χ4n) is 2.25. The SMILES string of the molecule is CCN(CCNC(C)c1cc(C)ccc1O)C(=O)OC(C)(C)C. The van der Waals surface area contributed by atoms with E-state index in [1.165, 1.54) is 0 Å². The van der Waals surface area contributed by atoms with Gasteiger partial charge >= 0.3 is 6.09 Å². The van der Waals surface area contributed by atoms with Crippen LogP contribution in [0.2, 0.25) is 0 Å². The van der Waals surface area contributed by atoms with Crippen molar-refractivity contribution in [3.05, 3.63) is 29.3 Å². The molecular formula is C18H30N2O3. The number of carbonyl (C=O) groups excluding carboxylic acids is 1. The minimum absolute atomic E-state index is 0.00671. The van der Waals surface area contributed by atoms with E-state index in [2.05, 4.69) is 5.32 Å². The highest BCUT2D eigenvalue weighted by Gasteiger charge is 2.21. The van der Waals surface area contributed by atoms with Gasteiger partial charge in [0, 0.05) is 31.2 Å². The topological polar surface area (TPSA) is 61.8 Å². The molecule has 0 saturated carbocycles. The lowest BCUT2D eigenvalue weighted by Crippen LogP contribution is -2.40. The summed E-state index contributed by atoms with van der Waals surface area (Å²) in [6, 6.07) is 5.57. The largest absolute Gasteiger partial charge is 0.508 e. The Morgan fingerprint density at radius 2 is 2.04 bits per heavy atom. The lowest BCUT2D eigenvalue weighted by atomic mass is 10.0. The summed E-state index contributed by atoms with van der Waals surface area (Å²) < 4.78 is 5.39. The third-order valence-corrected chi connectivity index (χ3v) is 3.52. The smallest absolute Gasteiger partial charge is 0.410 e. The molecule has 0 fully saturated rings. The lowest BCUT2D eigenvalue weighted by Gasteiger charge is -2.27. The van der Waals surface area contributed by atoms with E-state index >= 15 is 0 Å². The summed E-state index contributed by atoms with van der Waals surface area (Å²) in [6.07, 6.45) is -0.298. The Morgan fingerprint density at radius 1 is 1.39 bits per heavy atom. The van der Waals surface area contributed by atoms with Crippen LogP contribution in [-0.4, -0.2) is 41.3 Å². The van der Waals surface area contributed by atoms with E-state index < -0.39 is 5.60 Å². The first kappa shape index (κ1) is 19.3. The van der Waals surface area contributed by atoms with Crippen molar-refractivity contribution in [2.75, 3.05) is 19.6 Å². The zero-order valence-electron chi connectivity index (χ0n) is 15.1. The van der Waals surface area contributed by atoms with E-state index in [4.69, 9.17) is 4.74 Å². The highest BCUT2D eigenvalue weighted by molar-refractivity contribution is 5.68. The minimum atomic E-state index is -0.488. The quantitative estimate of drug-likeness (QED) is 0.840. The van der Waals surface area contributed by atoms with Crippen LogP contribution in [-0.2, 0) is 4.74 Å². The van der Waals surface area contributed by atoms with Crippen molar-refractivity contribution >= 4 is 6.09 Å². The molecule has 1 atom stereocenters. The molecule has 1 unspecified atom stereocenters. The monoisotopic (exact) mass is 322 g/mol. The molecule has 0 aliphatic heterocycles. The van der Waals surface area contributed by atoms with Gasteiger partial charge in [0.15, 0.2) is 0 Å². The number of nitrogens with zero attached hydrogens (tertiary/aromatic N) is 1. The lowest BCUT2D eigenvalue weighted by molar-refractivity contribution is 0.0261. The third kappa shape index (κ3) is 6.48. The van der Waals surface area contributed by atoms with Crippen molar-refractivity contribution in [1.82, 2.24) is 10.2 Å². The molecule has 1 aromatic carbocycles. The van der Waals surface area contributed by atoms with Crippen molar-refractivity contribution in [3.63, 3.8) is 0 Å². The molecule has 1 amide bonds. The van der Waals surface area contributed by atoms with E-state index in [1.54, 1.807) is 11.0 Å². The summed E-state index contributed by atoms with van der Waals surface area (Å²) in [7, 11) is 0. The number of ether oxygens (including phenoxy) is 1. The molecule has 0 aliphatic rings. The van der Waals surface area contributed by atoms with Crippen LogP contribution < -0.4 is 5.32 Å². The summed E-state index contributed by atoms with van der Waals surface area (Å²) in [4.78, 5) is 13.7. The van der Waals surface area contributed by atoms with Crippen LogP contribution in [0.1, 0.15) is 51.8 Å². The summed E-state index contributed by atoms with van der Waals surface area (Å²) in [5, 5.41) is 13.3. The maximum absolute atomic E-state index is 12.1. The van der Waals surface area contributed by atoms with Crippen molar-refractivity contribution in [1.29, 1.82) is 0 Å². The van der Waals surface area contributed by atoms with Crippen LogP contribution in [0.4, 0.5) is 4.79 Å². The number of likely N-dealkylation sites (N-methyl/N-ethyl adjacent to an activating group) is 1. The number of aryl methyl sites for hydroxylation is 1. The van der Waals surface area contributed by atoms with Crippen LogP contribution in [0.5, 0.6) is 5.75 Å². The Labute approximate surface area is 139 Å². The number of amides is 1. The second-order valence-corrected chi connectivity index (χ2v) is 6.80. The Morgan fingerprint density at radius 3 is 2.61 bits per heavy atom. The van der Waals surface area contributed by atoms with E-state index in [9.17, 15) is 9.90 Å². The molecule has 0 radical (unpaired) electrons. The van der Waals surface area contributed by atoms with Gasteiger partial charge in [-0.1, -0.05) is 17.7 Å². The van der Waals surface area contributed by atoms with Gasteiger partial charge in [0.1, 0.15) is 11.4 Å². The number of nitrogens with one attached hydrogen (secondary N) is 1. The van der Waals surface area contributed by atoms with E-state index in [-0.39, 0.29) is 17.9 Å². The molecule has 5 nitrogen and oxygen atoms in total. The number of hydrogen-bond acceptors (Lipinski definition) is 4. The molecule has 0 aliphatic carbocycles. The number of phenols is 1. The van der Waals surface area contributed by atoms with Gasteiger partial charge in [-0.05, 0) is 47.6 Å². The molecule has 1 aromatic rings. The fourth-order valence-corrected chi connectivity index (χ4v) is 2.25. The number of rotatable bonds is 6. The first-order valence-electron chi connectivity index (χ1n) is 8.15. The van der Waals surface area contributed by atoms with E-state index in [1.807, 2.05) is 53.7 Å². The fraction of sp³-hybridized carbons (Fsp3) is 0.611. The highest BCUT2D eigenvalue weighted by atomic mass is 16.6. The maximum atomic E-state index is 12.1. The van der Waals surface area contributed by atoms with Gasteiger partial charge in [0.2, 0.25) is 0 Å². The second-order valence-electron chi connectivity index (χ2n) is 6.80. The van der Waals surface area contributed by atoms with Gasteiger partial charge in [-0.15, -0.1) is 0 Å². The molecule has 23 heavy (non-hydrogen) atoms. The number of carbonyl (C=O) groups is 1. The summed E-state index contributed by atoms with van der Waals surface area (Å²) >= 11 is 0. The van der Waals surface area contributed by atoms with Crippen LogP contribution in [0.3, 0.4) is 0 Å². The predicted molar refractivity (Wildman–Crippen MR) is 92.7 cm³/mol. The maximum Gasteiger partial charge on any atom is 0.410 e. The van der Waals surface area contributed by atoms with E-state index in [0.717, 1.165) is 11.1 Å². The normalized spacial score (nSPS) is 12.8. The molecule has 2 N–H and O–H groups in total. The zero-order valence-corrected chi connectivity index (χ0v) is 15.1. The Kier molecular flexibility index (Phi) is 6.88. The average molecular weight is 322 g/mol. The first-order valence-corrected chi connectivity index (χ1v) is 8.15. The molecule has 0 saturated heterocycles. The Hall–Kier alpha value is -1.75. The highest BCUT2D eigenvalue weighted by Crippen LogP contribution is 2.24. The number of phenolic OH excluding ortho intramolecular Hbond substituents is 1. The average Bonchev–Trinajstić information content (AvgIpc) is 2.44. The minimum Gasteiger partial charge on any atom is -0.508 e. The summed E-state index contributed by atoms with van der Waals surface area (Å²) in [6.45, 7) is 13.3. The van der Waals surface area contributed by atoms with Gasteiger partial charge in [0.05, 0.1) is 0 Å². The van der Waals surface area contributed by atoms with Crippen molar-refractivity contribution in [2.24, 2.45) is 0 Å². The Balaban J connectivity index is 2.54. The third-order valence-electron chi connectivity index (χ3n) is 3.52. The van der Waals surface area contributed by atoms with Gasteiger partial charge in [-0.25, -0.2) is 4.79 Å². The van der Waals surface area contributed by atoms with Gasteiger partial charge in [0.25, 0.3) is 0 Å². The van der Waals surface area contributed by atoms with E-state index in [0.29, 0.717) is 19.6 Å². The van der Waals surface area contributed by atoms with Gasteiger partial charge in [-0.2, -0.15) is 0 Å². The van der Waals surface area contributed by atoms with Gasteiger partial charge < -0.3 is 20.1 Å². The van der Waals surface area contributed by atoms with Gasteiger partial charge in [-0.3, -0.25) is 0 Å².